The van der Waals surface area contributed by atoms with Crippen molar-refractivity contribution in [1.29, 1.82) is 0 Å². The van der Waals surface area contributed by atoms with Crippen LogP contribution < -0.4 is 10.1 Å². The quantitative estimate of drug-likeness (QED) is 0.493. The van der Waals surface area contributed by atoms with Gasteiger partial charge in [0.15, 0.2) is 6.61 Å². The van der Waals surface area contributed by atoms with E-state index in [1.807, 2.05) is 67.6 Å². The number of hydrogen-bond donors (Lipinski definition) is 1. The van der Waals surface area contributed by atoms with Gasteiger partial charge in [0.2, 0.25) is 5.82 Å². The molecule has 1 heterocycles. The number of aryl methyl sites for hydroxylation is 1. The summed E-state index contributed by atoms with van der Waals surface area (Å²) in [6.45, 7) is 2.53. The Hall–Kier alpha value is -3.93. The van der Waals surface area contributed by atoms with Crippen LogP contribution in [0.5, 0.6) is 5.75 Å². The molecule has 0 saturated heterocycles. The van der Waals surface area contributed by atoms with Crippen LogP contribution in [0.15, 0.2) is 83.4 Å². The molecule has 0 fully saturated rings. The number of carbonyl (C=O) groups excluding carboxylic acids is 1. The van der Waals surface area contributed by atoms with E-state index < -0.39 is 0 Å². The molecular formula is C24H21N3O3. The summed E-state index contributed by atoms with van der Waals surface area (Å²) in [5.74, 6) is 1.09. The van der Waals surface area contributed by atoms with Gasteiger partial charge in [0.1, 0.15) is 5.75 Å². The molecule has 6 heteroatoms. The van der Waals surface area contributed by atoms with Crippen LogP contribution in [-0.4, -0.2) is 16.0 Å². The maximum absolute atomic E-state index is 12.6. The van der Waals surface area contributed by atoms with Gasteiger partial charge >= 0.3 is 0 Å². The lowest BCUT2D eigenvalue weighted by Crippen LogP contribution is -2.23. The van der Waals surface area contributed by atoms with E-state index in [0.29, 0.717) is 29.6 Å². The fraction of sp³-hybridized carbons (Fsp3) is 0.125. The predicted molar refractivity (Wildman–Crippen MR) is 113 cm³/mol. The van der Waals surface area contributed by atoms with Crippen molar-refractivity contribution in [1.82, 2.24) is 15.5 Å². The van der Waals surface area contributed by atoms with Gasteiger partial charge in [0, 0.05) is 12.1 Å². The fourth-order valence-corrected chi connectivity index (χ4v) is 2.93. The highest BCUT2D eigenvalue weighted by atomic mass is 16.5. The molecule has 4 aromatic rings. The van der Waals surface area contributed by atoms with E-state index in [2.05, 4.69) is 15.5 Å². The maximum Gasteiger partial charge on any atom is 0.264 e. The van der Waals surface area contributed by atoms with E-state index in [4.69, 9.17) is 9.26 Å². The van der Waals surface area contributed by atoms with Crippen LogP contribution >= 0.6 is 0 Å². The van der Waals surface area contributed by atoms with Gasteiger partial charge in [0.25, 0.3) is 11.8 Å². The van der Waals surface area contributed by atoms with E-state index in [1.54, 1.807) is 18.2 Å². The summed E-state index contributed by atoms with van der Waals surface area (Å²) >= 11 is 0. The van der Waals surface area contributed by atoms with E-state index >= 15 is 0 Å². The van der Waals surface area contributed by atoms with Gasteiger partial charge in [-0.2, -0.15) is 4.98 Å². The number of hydrogen-bond acceptors (Lipinski definition) is 5. The lowest BCUT2D eigenvalue weighted by molar-refractivity contribution is 0.0945. The van der Waals surface area contributed by atoms with Gasteiger partial charge in [0.05, 0.1) is 5.56 Å². The van der Waals surface area contributed by atoms with Crippen molar-refractivity contribution in [3.63, 3.8) is 0 Å². The maximum atomic E-state index is 12.6. The van der Waals surface area contributed by atoms with Crippen LogP contribution in [-0.2, 0) is 13.2 Å². The molecule has 150 valence electrons. The first-order chi connectivity index (χ1) is 14.7. The molecule has 6 nitrogen and oxygen atoms in total. The average molecular weight is 399 g/mol. The zero-order valence-corrected chi connectivity index (χ0v) is 16.5. The molecule has 0 spiro atoms. The number of nitrogens with one attached hydrogen (secondary N) is 1. The summed E-state index contributed by atoms with van der Waals surface area (Å²) in [6, 6.07) is 24.7. The zero-order chi connectivity index (χ0) is 20.8. The van der Waals surface area contributed by atoms with Crippen molar-refractivity contribution in [3.8, 4) is 17.1 Å². The van der Waals surface area contributed by atoms with Crippen LogP contribution in [0.1, 0.15) is 27.4 Å². The van der Waals surface area contributed by atoms with Gasteiger partial charge in [-0.15, -0.1) is 0 Å². The first-order valence-electron chi connectivity index (χ1n) is 9.62. The number of benzene rings is 3. The smallest absolute Gasteiger partial charge is 0.264 e. The van der Waals surface area contributed by atoms with Crippen LogP contribution in [0.25, 0.3) is 11.4 Å². The molecule has 0 atom stereocenters. The Morgan fingerprint density at radius 2 is 1.70 bits per heavy atom. The molecule has 4 rings (SSSR count). The third kappa shape index (κ3) is 4.72. The lowest BCUT2D eigenvalue weighted by Gasteiger charge is -2.10. The predicted octanol–water partition coefficient (Wildman–Crippen LogP) is 4.55. The molecule has 1 N–H and O–H groups in total. The standard InChI is InChI=1S/C24H21N3O3/c1-17-11-13-19(14-12-17)23-26-22(30-27-23)16-29-21-10-6-5-9-20(21)24(28)25-15-18-7-3-2-4-8-18/h2-14H,15-16H2,1H3,(H,25,28). The van der Waals surface area contributed by atoms with Crippen molar-refractivity contribution in [3.05, 3.63) is 101 Å². The summed E-state index contributed by atoms with van der Waals surface area (Å²) in [7, 11) is 0. The monoisotopic (exact) mass is 399 g/mol. The van der Waals surface area contributed by atoms with Crippen LogP contribution in [0.3, 0.4) is 0 Å². The minimum absolute atomic E-state index is 0.0713. The summed E-state index contributed by atoms with van der Waals surface area (Å²) in [5.41, 5.74) is 3.51. The number of carbonyl (C=O) groups is 1. The molecule has 0 radical (unpaired) electrons. The summed E-state index contributed by atoms with van der Waals surface area (Å²) in [4.78, 5) is 17.0. The van der Waals surface area contributed by atoms with Gasteiger partial charge in [-0.3, -0.25) is 4.79 Å². The molecule has 1 aromatic heterocycles. The number of amides is 1. The summed E-state index contributed by atoms with van der Waals surface area (Å²) < 4.78 is 11.1. The third-order valence-corrected chi connectivity index (χ3v) is 4.56. The molecule has 0 unspecified atom stereocenters. The summed E-state index contributed by atoms with van der Waals surface area (Å²) in [5, 5.41) is 6.92. The minimum atomic E-state index is -0.208. The molecule has 0 aliphatic rings. The number of aromatic nitrogens is 2. The zero-order valence-electron chi connectivity index (χ0n) is 16.5. The Kier molecular flexibility index (Phi) is 5.85. The molecule has 3 aromatic carbocycles. The third-order valence-electron chi connectivity index (χ3n) is 4.56. The Bertz CT molecular complexity index is 1120. The Morgan fingerprint density at radius 1 is 0.967 bits per heavy atom. The minimum Gasteiger partial charge on any atom is -0.483 e. The van der Waals surface area contributed by atoms with Crippen molar-refractivity contribution >= 4 is 5.91 Å². The number of para-hydroxylation sites is 1. The molecular weight excluding hydrogens is 378 g/mol. The lowest BCUT2D eigenvalue weighted by atomic mass is 10.1. The topological polar surface area (TPSA) is 77.2 Å². The molecule has 0 saturated carbocycles. The van der Waals surface area contributed by atoms with Crippen molar-refractivity contribution in [2.45, 2.75) is 20.1 Å². The van der Waals surface area contributed by atoms with E-state index in [1.165, 1.54) is 0 Å². The molecule has 30 heavy (non-hydrogen) atoms. The molecule has 1 amide bonds. The molecule has 0 bridgehead atoms. The number of ether oxygens (including phenoxy) is 1. The van der Waals surface area contributed by atoms with Crippen LogP contribution in [0.4, 0.5) is 0 Å². The number of nitrogens with zero attached hydrogens (tertiary/aromatic N) is 2. The highest BCUT2D eigenvalue weighted by molar-refractivity contribution is 5.96. The van der Waals surface area contributed by atoms with E-state index in [9.17, 15) is 4.79 Å². The second-order valence-electron chi connectivity index (χ2n) is 6.83. The van der Waals surface area contributed by atoms with Gasteiger partial charge in [-0.1, -0.05) is 77.5 Å². The second-order valence-corrected chi connectivity index (χ2v) is 6.83. The largest absolute Gasteiger partial charge is 0.483 e. The average Bonchev–Trinajstić information content (AvgIpc) is 3.26. The van der Waals surface area contributed by atoms with Crippen LogP contribution in [0.2, 0.25) is 0 Å². The van der Waals surface area contributed by atoms with Gasteiger partial charge in [-0.25, -0.2) is 0 Å². The van der Waals surface area contributed by atoms with Crippen LogP contribution in [0, 0.1) is 6.92 Å². The normalized spacial score (nSPS) is 10.6. The van der Waals surface area contributed by atoms with E-state index in [-0.39, 0.29) is 12.5 Å². The highest BCUT2D eigenvalue weighted by Crippen LogP contribution is 2.21. The highest BCUT2D eigenvalue weighted by Gasteiger charge is 2.14. The Balaban J connectivity index is 1.41. The fourth-order valence-electron chi connectivity index (χ4n) is 2.93. The Labute approximate surface area is 174 Å². The molecule has 0 aliphatic heterocycles. The molecule has 0 aliphatic carbocycles. The first-order valence-corrected chi connectivity index (χ1v) is 9.62. The SMILES string of the molecule is Cc1ccc(-c2noc(COc3ccccc3C(=O)NCc3ccccc3)n2)cc1. The van der Waals surface area contributed by atoms with Gasteiger partial charge in [-0.05, 0) is 24.6 Å². The Morgan fingerprint density at radius 3 is 2.50 bits per heavy atom. The number of rotatable bonds is 7. The van der Waals surface area contributed by atoms with Crippen molar-refractivity contribution < 1.29 is 14.1 Å². The van der Waals surface area contributed by atoms with Gasteiger partial charge < -0.3 is 14.6 Å². The first kappa shape index (κ1) is 19.4. The summed E-state index contributed by atoms with van der Waals surface area (Å²) in [6.07, 6.45) is 0. The second kappa shape index (κ2) is 9.05. The van der Waals surface area contributed by atoms with E-state index in [0.717, 1.165) is 16.7 Å². The van der Waals surface area contributed by atoms with Crippen molar-refractivity contribution in [2.24, 2.45) is 0 Å². The van der Waals surface area contributed by atoms with Crippen molar-refractivity contribution in [2.75, 3.05) is 0 Å².